The maximum Gasteiger partial charge on any atom is 0.200 e. The highest BCUT2D eigenvalue weighted by Gasteiger charge is 2.10. The molecule has 9 heteroatoms. The van der Waals surface area contributed by atoms with Gasteiger partial charge in [-0.15, -0.1) is 0 Å². The van der Waals surface area contributed by atoms with Crippen LogP contribution in [0, 0.1) is 0 Å². The molecule has 2 rings (SSSR count). The summed E-state index contributed by atoms with van der Waals surface area (Å²) in [4.78, 5) is 23.6. The van der Waals surface area contributed by atoms with Gasteiger partial charge in [0.25, 0.3) is 0 Å². The first kappa shape index (κ1) is 31.1. The summed E-state index contributed by atoms with van der Waals surface area (Å²) in [6.07, 6.45) is 5.34. The van der Waals surface area contributed by atoms with E-state index in [-0.39, 0.29) is 11.0 Å². The van der Waals surface area contributed by atoms with Crippen molar-refractivity contribution in [3.8, 4) is 0 Å². The number of carbonyl (C=O) groups is 1. The SMILES string of the molecule is CCOC(C)CC.CN(C)n1cc(C=O)c(=O)c2cc(CCCOCCSO)ccc21.CO. The fraction of sp³-hybridized carbons (Fsp3) is 0.583. The average Bonchev–Trinajstić information content (AvgIpc) is 2.83. The Balaban J connectivity index is 0.000000973. The van der Waals surface area contributed by atoms with Gasteiger partial charge in [-0.3, -0.25) is 14.3 Å². The number of nitrogens with zero attached hydrogens (tertiary/aromatic N) is 2. The Morgan fingerprint density at radius 3 is 2.42 bits per heavy atom. The van der Waals surface area contributed by atoms with Crippen LogP contribution < -0.4 is 10.4 Å². The van der Waals surface area contributed by atoms with Gasteiger partial charge in [-0.05, 0) is 62.8 Å². The summed E-state index contributed by atoms with van der Waals surface area (Å²) < 4.78 is 21.0. The van der Waals surface area contributed by atoms with Crippen LogP contribution in [0.5, 0.6) is 0 Å². The molecule has 0 aliphatic rings. The molecule has 0 aliphatic heterocycles. The number of benzene rings is 1. The Hall–Kier alpha value is -1.91. The lowest BCUT2D eigenvalue weighted by Gasteiger charge is -2.20. The molecule has 1 aromatic carbocycles. The number of hydrogen-bond acceptors (Lipinski definition) is 8. The van der Waals surface area contributed by atoms with Crippen molar-refractivity contribution in [2.45, 2.75) is 46.1 Å². The number of rotatable bonds is 12. The minimum absolute atomic E-state index is 0.151. The van der Waals surface area contributed by atoms with Gasteiger partial charge in [-0.1, -0.05) is 13.0 Å². The van der Waals surface area contributed by atoms with Crippen molar-refractivity contribution >= 4 is 29.2 Å². The summed E-state index contributed by atoms with van der Waals surface area (Å²) in [6, 6.07) is 5.75. The molecule has 0 bridgehead atoms. The highest BCUT2D eigenvalue weighted by molar-refractivity contribution is 7.93. The van der Waals surface area contributed by atoms with E-state index in [9.17, 15) is 9.59 Å². The molecular formula is C24H40N2O6S. The molecule has 2 N–H and O–H groups in total. The van der Waals surface area contributed by atoms with E-state index in [4.69, 9.17) is 19.1 Å². The second-order valence-corrected chi connectivity index (χ2v) is 7.96. The summed E-state index contributed by atoms with van der Waals surface area (Å²) in [5.74, 6) is 0.564. The first-order valence-corrected chi connectivity index (χ1v) is 12.0. The zero-order valence-electron chi connectivity index (χ0n) is 20.7. The van der Waals surface area contributed by atoms with Gasteiger partial charge in [0.2, 0.25) is 0 Å². The Morgan fingerprint density at radius 2 is 1.91 bits per heavy atom. The molecule has 2 aromatic rings. The van der Waals surface area contributed by atoms with E-state index in [1.54, 1.807) is 10.9 Å². The summed E-state index contributed by atoms with van der Waals surface area (Å²) in [7, 11) is 4.71. The Kier molecular flexibility index (Phi) is 17.4. The third-order valence-corrected chi connectivity index (χ3v) is 5.08. The largest absolute Gasteiger partial charge is 0.400 e. The number of aliphatic hydroxyl groups excluding tert-OH is 1. The monoisotopic (exact) mass is 484 g/mol. The number of fused-ring (bicyclic) bond motifs is 1. The molecule has 1 atom stereocenters. The number of aryl methyl sites for hydroxylation is 1. The molecule has 1 heterocycles. The van der Waals surface area contributed by atoms with Gasteiger partial charge in [0.15, 0.2) is 11.7 Å². The van der Waals surface area contributed by atoms with Crippen LogP contribution in [0.2, 0.25) is 0 Å². The van der Waals surface area contributed by atoms with Crippen molar-refractivity contribution in [1.82, 2.24) is 4.68 Å². The molecule has 0 aliphatic carbocycles. The van der Waals surface area contributed by atoms with E-state index < -0.39 is 0 Å². The van der Waals surface area contributed by atoms with Crippen LogP contribution in [0.15, 0.2) is 29.2 Å². The number of ether oxygens (including phenoxy) is 2. The van der Waals surface area contributed by atoms with Crippen LogP contribution in [0.4, 0.5) is 0 Å². The van der Waals surface area contributed by atoms with E-state index in [1.807, 2.05) is 44.2 Å². The van der Waals surface area contributed by atoms with E-state index in [0.717, 1.165) is 56.1 Å². The third kappa shape index (κ3) is 11.2. The van der Waals surface area contributed by atoms with Crippen molar-refractivity contribution in [3.05, 3.63) is 45.7 Å². The van der Waals surface area contributed by atoms with Crippen molar-refractivity contribution in [1.29, 1.82) is 0 Å². The predicted molar refractivity (Wildman–Crippen MR) is 137 cm³/mol. The van der Waals surface area contributed by atoms with Crippen LogP contribution in [0.25, 0.3) is 10.9 Å². The highest BCUT2D eigenvalue weighted by atomic mass is 32.2. The normalized spacial score (nSPS) is 11.2. The minimum atomic E-state index is -0.240. The van der Waals surface area contributed by atoms with Gasteiger partial charge in [-0.2, -0.15) is 0 Å². The summed E-state index contributed by atoms with van der Waals surface area (Å²) >= 11 is 0.772. The molecule has 33 heavy (non-hydrogen) atoms. The predicted octanol–water partition coefficient (Wildman–Crippen LogP) is 3.60. The fourth-order valence-corrected chi connectivity index (χ4v) is 3.12. The van der Waals surface area contributed by atoms with Gasteiger partial charge >= 0.3 is 0 Å². The lowest BCUT2D eigenvalue weighted by atomic mass is 10.1. The summed E-state index contributed by atoms with van der Waals surface area (Å²) in [6.45, 7) is 8.20. The van der Waals surface area contributed by atoms with Crippen molar-refractivity contribution in [3.63, 3.8) is 0 Å². The Labute approximate surface area is 201 Å². The summed E-state index contributed by atoms with van der Waals surface area (Å²) in [5, 5.41) is 9.37. The second-order valence-electron chi connectivity index (χ2n) is 7.30. The van der Waals surface area contributed by atoms with Crippen LogP contribution in [-0.2, 0) is 15.9 Å². The maximum atomic E-state index is 12.4. The minimum Gasteiger partial charge on any atom is -0.400 e. The number of aldehydes is 1. The molecule has 1 unspecified atom stereocenters. The van der Waals surface area contributed by atoms with E-state index >= 15 is 0 Å². The smallest absolute Gasteiger partial charge is 0.200 e. The van der Waals surface area contributed by atoms with E-state index in [1.165, 1.54) is 0 Å². The zero-order chi connectivity index (χ0) is 25.2. The van der Waals surface area contributed by atoms with Crippen LogP contribution in [0.1, 0.15) is 49.5 Å². The third-order valence-electron chi connectivity index (χ3n) is 4.73. The molecule has 1 aromatic heterocycles. The van der Waals surface area contributed by atoms with Crippen LogP contribution >= 0.6 is 12.0 Å². The Bertz CT molecular complexity index is 857. The molecule has 8 nitrogen and oxygen atoms in total. The van der Waals surface area contributed by atoms with Gasteiger partial charge in [-0.25, -0.2) is 0 Å². The van der Waals surface area contributed by atoms with Gasteiger partial charge < -0.3 is 24.1 Å². The number of carbonyl (C=O) groups excluding carboxylic acids is 1. The van der Waals surface area contributed by atoms with Gasteiger partial charge in [0, 0.05) is 51.8 Å². The first-order valence-electron chi connectivity index (χ1n) is 11.1. The van der Waals surface area contributed by atoms with Gasteiger partial charge in [0.05, 0.1) is 23.8 Å². The lowest BCUT2D eigenvalue weighted by molar-refractivity contribution is 0.0739. The first-order chi connectivity index (χ1) is 15.9. The average molecular weight is 485 g/mol. The lowest BCUT2D eigenvalue weighted by Crippen LogP contribution is -2.28. The highest BCUT2D eigenvalue weighted by Crippen LogP contribution is 2.15. The van der Waals surface area contributed by atoms with Crippen molar-refractivity contribution < 1.29 is 23.9 Å². The van der Waals surface area contributed by atoms with Crippen LogP contribution in [-0.4, -0.2) is 73.5 Å². The molecule has 0 fully saturated rings. The molecule has 0 amide bonds. The molecule has 0 saturated carbocycles. The molecule has 0 radical (unpaired) electrons. The summed E-state index contributed by atoms with van der Waals surface area (Å²) in [5.41, 5.74) is 1.72. The van der Waals surface area contributed by atoms with Crippen molar-refractivity contribution in [2.24, 2.45) is 0 Å². The van der Waals surface area contributed by atoms with Gasteiger partial charge in [0.1, 0.15) is 0 Å². The molecular weight excluding hydrogens is 444 g/mol. The maximum absolute atomic E-state index is 12.4. The van der Waals surface area contributed by atoms with Crippen molar-refractivity contribution in [2.75, 3.05) is 51.8 Å². The number of pyridine rings is 1. The Morgan fingerprint density at radius 1 is 1.21 bits per heavy atom. The zero-order valence-corrected chi connectivity index (χ0v) is 21.6. The fourth-order valence-electron chi connectivity index (χ4n) is 2.93. The van der Waals surface area contributed by atoms with E-state index in [2.05, 4.69) is 13.8 Å². The standard InChI is InChI=1S/C17H22N2O4S.C6H14O.CH4O/c1-18(2)19-11-14(12-20)17(21)15-10-13(5-6-16(15)19)4-3-7-23-8-9-24-22;1-4-6(3)7-5-2;1-2/h5-6,10-12,22H,3-4,7-9H2,1-2H3;6H,4-5H2,1-3H3;2H,1H3. The quantitative estimate of drug-likeness (QED) is 0.268. The molecule has 188 valence electrons. The molecule has 0 spiro atoms. The number of hydrogen-bond donors (Lipinski definition) is 2. The second kappa shape index (κ2) is 18.5. The molecule has 0 saturated heterocycles. The topological polar surface area (TPSA) is 101 Å². The van der Waals surface area contributed by atoms with Crippen LogP contribution in [0.3, 0.4) is 0 Å². The van der Waals surface area contributed by atoms with E-state index in [0.29, 0.717) is 36.7 Å². The number of aromatic nitrogens is 1. The number of aliphatic hydroxyl groups is 1.